The van der Waals surface area contributed by atoms with Crippen molar-refractivity contribution < 1.29 is 4.79 Å². The fraction of sp³-hybridized carbons (Fsp3) is 0.423. The van der Waals surface area contributed by atoms with Crippen LogP contribution in [0.2, 0.25) is 5.02 Å². The number of carbonyl (C=O) groups excluding carboxylic acids is 1. The Hall–Kier alpha value is -2.48. The van der Waals surface area contributed by atoms with Gasteiger partial charge in [-0.25, -0.2) is 4.99 Å². The van der Waals surface area contributed by atoms with Gasteiger partial charge >= 0.3 is 0 Å². The van der Waals surface area contributed by atoms with Crippen LogP contribution in [0.25, 0.3) is 0 Å². The quantitative estimate of drug-likeness (QED) is 0.527. The topological polar surface area (TPSA) is 68.8 Å². The zero-order valence-corrected chi connectivity index (χ0v) is 21.3. The normalized spacial score (nSPS) is 22.4. The maximum absolute atomic E-state index is 13.3. The number of fused-ring (bicyclic) bond motifs is 1. The van der Waals surface area contributed by atoms with Crippen LogP contribution in [0.15, 0.2) is 53.5 Å². The molecule has 2 aromatic carbocycles. The molecule has 1 atom stereocenters. The summed E-state index contributed by atoms with van der Waals surface area (Å²) in [6, 6.07) is 15.3. The van der Waals surface area contributed by atoms with Crippen LogP contribution in [-0.2, 0) is 4.79 Å². The number of nitrogens with zero attached hydrogens (tertiary/aromatic N) is 2. The number of benzene rings is 2. The van der Waals surface area contributed by atoms with Crippen molar-refractivity contribution in [1.29, 1.82) is 0 Å². The van der Waals surface area contributed by atoms with Crippen molar-refractivity contribution in [1.82, 2.24) is 16.0 Å². The first-order chi connectivity index (χ1) is 16.5. The minimum atomic E-state index is -0.835. The molecule has 1 saturated carbocycles. The Balaban J connectivity index is 1.49. The Morgan fingerprint density at radius 1 is 1.09 bits per heavy atom. The smallest absolute Gasteiger partial charge is 0.272 e. The van der Waals surface area contributed by atoms with E-state index in [1.165, 1.54) is 25.7 Å². The number of nitrogens with one attached hydrogen (secondary N) is 3. The van der Waals surface area contributed by atoms with Gasteiger partial charge in [0.25, 0.3) is 5.91 Å². The molecule has 1 fully saturated rings. The van der Waals surface area contributed by atoms with Crippen molar-refractivity contribution in [3.8, 4) is 0 Å². The molecule has 1 unspecified atom stereocenters. The van der Waals surface area contributed by atoms with E-state index in [0.29, 0.717) is 21.8 Å². The van der Waals surface area contributed by atoms with E-state index in [4.69, 9.17) is 28.8 Å². The number of anilines is 1. The maximum Gasteiger partial charge on any atom is 0.272 e. The van der Waals surface area contributed by atoms with Crippen LogP contribution in [0.4, 0.5) is 5.69 Å². The van der Waals surface area contributed by atoms with Crippen molar-refractivity contribution in [2.45, 2.75) is 31.8 Å². The number of carbonyl (C=O) groups is 1. The summed E-state index contributed by atoms with van der Waals surface area (Å²) in [5.41, 5.74) is 3.20. The molecule has 0 radical (unpaired) electrons. The Morgan fingerprint density at radius 2 is 1.76 bits per heavy atom. The Bertz CT molecular complexity index is 1050. The summed E-state index contributed by atoms with van der Waals surface area (Å²) in [5, 5.41) is 10.8. The number of aliphatic imine (C=N–C) groups is 1. The third-order valence-corrected chi connectivity index (χ3v) is 7.22. The van der Waals surface area contributed by atoms with E-state index in [0.717, 1.165) is 35.8 Å². The summed E-state index contributed by atoms with van der Waals surface area (Å²) in [4.78, 5) is 19.8. The third-order valence-electron chi connectivity index (χ3n) is 6.72. The molecule has 1 aliphatic carbocycles. The highest BCUT2D eigenvalue weighted by Crippen LogP contribution is 2.30. The van der Waals surface area contributed by atoms with Gasteiger partial charge in [0.05, 0.1) is 11.4 Å². The van der Waals surface area contributed by atoms with Crippen LogP contribution in [0.3, 0.4) is 0 Å². The van der Waals surface area contributed by atoms with E-state index in [9.17, 15) is 4.79 Å². The summed E-state index contributed by atoms with van der Waals surface area (Å²) in [6.45, 7) is 1.90. The van der Waals surface area contributed by atoms with Gasteiger partial charge in [0.2, 0.25) is 6.17 Å². The van der Waals surface area contributed by atoms with Crippen molar-refractivity contribution in [2.24, 2.45) is 16.8 Å². The van der Waals surface area contributed by atoms with E-state index in [1.807, 2.05) is 49.5 Å². The molecule has 34 heavy (non-hydrogen) atoms. The maximum atomic E-state index is 13.3. The van der Waals surface area contributed by atoms with Crippen LogP contribution < -0.4 is 20.9 Å². The lowest BCUT2D eigenvalue weighted by Gasteiger charge is -2.29. The Morgan fingerprint density at radius 3 is 2.44 bits per heavy atom. The second-order valence-corrected chi connectivity index (χ2v) is 9.95. The van der Waals surface area contributed by atoms with E-state index < -0.39 is 6.17 Å². The molecule has 1 amide bonds. The summed E-state index contributed by atoms with van der Waals surface area (Å²) in [7, 11) is 3.77. The highest BCUT2D eigenvalue weighted by Gasteiger charge is 2.31. The molecular formula is C26H32ClN5OS. The van der Waals surface area contributed by atoms with Crippen molar-refractivity contribution in [3.63, 3.8) is 0 Å². The molecule has 6 nitrogen and oxygen atoms in total. The Labute approximate surface area is 212 Å². The molecule has 0 saturated heterocycles. The van der Waals surface area contributed by atoms with Gasteiger partial charge in [-0.3, -0.25) is 4.79 Å². The standard InChI is InChI=1S/C26H32ClN5OS/c1-28-15-17-8-10-18(11-9-17)16-29-26(34)31-24-25(33)32(2)22-13-12-20(27)14-21(22)23(30-24)19-6-4-3-5-7-19/h3-7,12-14,17-18,24,28H,8-11,15-16H2,1-2H3,(H2,29,31,34). The number of hydrogen-bond acceptors (Lipinski definition) is 4. The second kappa shape index (κ2) is 11.3. The summed E-state index contributed by atoms with van der Waals surface area (Å²) in [6.07, 6.45) is 4.03. The zero-order valence-electron chi connectivity index (χ0n) is 19.7. The van der Waals surface area contributed by atoms with Gasteiger partial charge in [0.1, 0.15) is 0 Å². The highest BCUT2D eigenvalue weighted by molar-refractivity contribution is 7.80. The molecule has 1 aliphatic heterocycles. The lowest BCUT2D eigenvalue weighted by atomic mass is 9.82. The minimum absolute atomic E-state index is 0.175. The largest absolute Gasteiger partial charge is 0.362 e. The van der Waals surface area contributed by atoms with Crippen LogP contribution in [-0.4, -0.2) is 50.1 Å². The van der Waals surface area contributed by atoms with E-state index in [2.05, 4.69) is 16.0 Å². The monoisotopic (exact) mass is 497 g/mol. The van der Waals surface area contributed by atoms with Crippen LogP contribution in [0, 0.1) is 11.8 Å². The van der Waals surface area contributed by atoms with Crippen molar-refractivity contribution in [3.05, 3.63) is 64.7 Å². The van der Waals surface area contributed by atoms with Crippen LogP contribution >= 0.6 is 23.8 Å². The van der Waals surface area contributed by atoms with E-state index >= 15 is 0 Å². The molecule has 2 aliphatic rings. The van der Waals surface area contributed by atoms with Crippen LogP contribution in [0.1, 0.15) is 36.8 Å². The van der Waals surface area contributed by atoms with Crippen LogP contribution in [0.5, 0.6) is 0 Å². The first kappa shape index (κ1) is 24.6. The van der Waals surface area contributed by atoms with Gasteiger partial charge in [-0.15, -0.1) is 0 Å². The average Bonchev–Trinajstić information content (AvgIpc) is 2.94. The number of likely N-dealkylation sites (N-methyl/N-ethyl adjacent to an activating group) is 1. The molecule has 0 aromatic heterocycles. The first-order valence-corrected chi connectivity index (χ1v) is 12.6. The number of rotatable bonds is 6. The van der Waals surface area contributed by atoms with Gasteiger partial charge in [-0.2, -0.15) is 0 Å². The highest BCUT2D eigenvalue weighted by atomic mass is 35.5. The molecule has 4 rings (SSSR count). The number of thiocarbonyl (C=S) groups is 1. The van der Waals surface area contributed by atoms with Crippen molar-refractivity contribution >= 4 is 46.2 Å². The van der Waals surface area contributed by atoms with Gasteiger partial charge in [0.15, 0.2) is 5.11 Å². The summed E-state index contributed by atoms with van der Waals surface area (Å²) >= 11 is 11.9. The SMILES string of the molecule is CNCC1CCC(CNC(=S)NC2N=C(c3ccccc3)c3cc(Cl)ccc3N(C)C2=O)CC1. The third kappa shape index (κ3) is 5.77. The van der Waals surface area contributed by atoms with Gasteiger partial charge in [0, 0.05) is 29.7 Å². The molecule has 2 aromatic rings. The average molecular weight is 498 g/mol. The number of halogens is 1. The van der Waals surface area contributed by atoms with E-state index in [-0.39, 0.29) is 5.91 Å². The molecule has 180 valence electrons. The lowest BCUT2D eigenvalue weighted by molar-refractivity contribution is -0.119. The number of amides is 1. The molecule has 8 heteroatoms. The predicted octanol–water partition coefficient (Wildman–Crippen LogP) is 3.97. The number of hydrogen-bond donors (Lipinski definition) is 3. The Kier molecular flexibility index (Phi) is 8.19. The molecule has 0 bridgehead atoms. The number of benzodiazepines with no additional fused rings is 1. The first-order valence-electron chi connectivity index (χ1n) is 11.9. The summed E-state index contributed by atoms with van der Waals surface area (Å²) < 4.78 is 0. The van der Waals surface area contributed by atoms with Crippen molar-refractivity contribution in [2.75, 3.05) is 32.1 Å². The van der Waals surface area contributed by atoms with E-state index in [1.54, 1.807) is 18.0 Å². The lowest BCUT2D eigenvalue weighted by Crippen LogP contribution is -2.50. The molecule has 0 spiro atoms. The zero-order chi connectivity index (χ0) is 24.1. The molecule has 3 N–H and O–H groups in total. The fourth-order valence-corrected chi connectivity index (χ4v) is 5.17. The minimum Gasteiger partial charge on any atom is -0.362 e. The van der Waals surface area contributed by atoms with Gasteiger partial charge in [-0.1, -0.05) is 41.9 Å². The summed E-state index contributed by atoms with van der Waals surface area (Å²) in [5.74, 6) is 1.19. The fourth-order valence-electron chi connectivity index (χ4n) is 4.81. The molecular weight excluding hydrogens is 466 g/mol. The molecule has 1 heterocycles. The predicted molar refractivity (Wildman–Crippen MR) is 144 cm³/mol. The van der Waals surface area contributed by atoms with Gasteiger partial charge in [-0.05, 0) is 81.5 Å². The second-order valence-electron chi connectivity index (χ2n) is 9.10. The van der Waals surface area contributed by atoms with Gasteiger partial charge < -0.3 is 20.9 Å².